The molecule has 2 aliphatic rings. The molecule has 0 bridgehead atoms. The van der Waals surface area contributed by atoms with Gasteiger partial charge in [-0.1, -0.05) is 0 Å². The molecule has 0 aromatic carbocycles. The predicted molar refractivity (Wildman–Crippen MR) is 90.8 cm³/mol. The van der Waals surface area contributed by atoms with E-state index in [4.69, 9.17) is 0 Å². The lowest BCUT2D eigenvalue weighted by atomic mass is 10.1. The SMILES string of the molecule is Cc1nc2c(c(N3CCC3)n1)[C@@H](C)N(C(=O)c1cnc(C)c(F)c1)C2. The van der Waals surface area contributed by atoms with E-state index in [1.165, 1.54) is 12.3 Å². The first-order valence-corrected chi connectivity index (χ1v) is 8.51. The van der Waals surface area contributed by atoms with Crippen molar-refractivity contribution in [2.45, 2.75) is 39.8 Å². The van der Waals surface area contributed by atoms with Crippen LogP contribution in [-0.2, 0) is 6.54 Å². The van der Waals surface area contributed by atoms with E-state index in [1.807, 2.05) is 13.8 Å². The van der Waals surface area contributed by atoms with E-state index >= 15 is 0 Å². The van der Waals surface area contributed by atoms with Crippen LogP contribution in [-0.4, -0.2) is 38.8 Å². The molecule has 2 aromatic heterocycles. The lowest BCUT2D eigenvalue weighted by Gasteiger charge is -2.34. The van der Waals surface area contributed by atoms with E-state index in [0.717, 1.165) is 36.6 Å². The Morgan fingerprint density at radius 1 is 1.28 bits per heavy atom. The van der Waals surface area contributed by atoms with Gasteiger partial charge in [0.2, 0.25) is 0 Å². The molecule has 1 atom stereocenters. The zero-order valence-corrected chi connectivity index (χ0v) is 14.6. The first-order valence-electron chi connectivity index (χ1n) is 8.51. The molecule has 25 heavy (non-hydrogen) atoms. The van der Waals surface area contributed by atoms with Crippen LogP contribution in [0.5, 0.6) is 0 Å². The fourth-order valence-electron chi connectivity index (χ4n) is 3.43. The van der Waals surface area contributed by atoms with Gasteiger partial charge < -0.3 is 9.80 Å². The number of hydrogen-bond acceptors (Lipinski definition) is 5. The number of aromatic nitrogens is 3. The summed E-state index contributed by atoms with van der Waals surface area (Å²) in [5.74, 6) is 0.950. The molecule has 1 fully saturated rings. The molecule has 4 rings (SSSR count). The molecule has 0 radical (unpaired) electrons. The van der Waals surface area contributed by atoms with Crippen LogP contribution in [0.25, 0.3) is 0 Å². The van der Waals surface area contributed by atoms with Crippen molar-refractivity contribution in [3.05, 3.63) is 46.4 Å². The van der Waals surface area contributed by atoms with Crippen molar-refractivity contribution >= 4 is 11.7 Å². The second kappa shape index (κ2) is 5.75. The zero-order valence-electron chi connectivity index (χ0n) is 14.6. The first kappa shape index (κ1) is 15.9. The van der Waals surface area contributed by atoms with Gasteiger partial charge in [-0.25, -0.2) is 14.4 Å². The Morgan fingerprint density at radius 2 is 2.04 bits per heavy atom. The highest BCUT2D eigenvalue weighted by atomic mass is 19.1. The molecule has 7 heteroatoms. The predicted octanol–water partition coefficient (Wildman–Crippen LogP) is 2.55. The number of pyridine rings is 1. The zero-order chi connectivity index (χ0) is 17.7. The van der Waals surface area contributed by atoms with Crippen molar-refractivity contribution in [1.82, 2.24) is 19.9 Å². The molecular formula is C18H20FN5O. The molecule has 130 valence electrons. The van der Waals surface area contributed by atoms with Gasteiger partial charge in [0.1, 0.15) is 17.5 Å². The molecule has 0 saturated carbocycles. The van der Waals surface area contributed by atoms with E-state index in [9.17, 15) is 9.18 Å². The average molecular weight is 341 g/mol. The Bertz CT molecular complexity index is 865. The fraction of sp³-hybridized carbons (Fsp3) is 0.444. The van der Waals surface area contributed by atoms with Gasteiger partial charge in [-0.05, 0) is 33.3 Å². The summed E-state index contributed by atoms with van der Waals surface area (Å²) in [5.41, 5.74) is 2.45. The molecule has 1 amide bonds. The van der Waals surface area contributed by atoms with Crippen LogP contribution in [0, 0.1) is 19.7 Å². The summed E-state index contributed by atoms with van der Waals surface area (Å²) >= 11 is 0. The van der Waals surface area contributed by atoms with Crippen LogP contribution in [0.4, 0.5) is 10.2 Å². The number of carbonyl (C=O) groups is 1. The van der Waals surface area contributed by atoms with Crippen molar-refractivity contribution in [2.24, 2.45) is 0 Å². The molecule has 0 spiro atoms. The van der Waals surface area contributed by atoms with E-state index in [0.29, 0.717) is 12.4 Å². The fourth-order valence-corrected chi connectivity index (χ4v) is 3.43. The normalized spacial score (nSPS) is 19.0. The largest absolute Gasteiger partial charge is 0.356 e. The summed E-state index contributed by atoms with van der Waals surface area (Å²) in [4.78, 5) is 30.0. The Labute approximate surface area is 145 Å². The highest BCUT2D eigenvalue weighted by Crippen LogP contribution is 2.39. The number of rotatable bonds is 2. The minimum atomic E-state index is -0.466. The Balaban J connectivity index is 1.69. The van der Waals surface area contributed by atoms with Crippen molar-refractivity contribution in [2.75, 3.05) is 18.0 Å². The van der Waals surface area contributed by atoms with Crippen molar-refractivity contribution in [3.63, 3.8) is 0 Å². The van der Waals surface area contributed by atoms with Crippen LogP contribution in [0.3, 0.4) is 0 Å². The van der Waals surface area contributed by atoms with E-state index < -0.39 is 5.82 Å². The van der Waals surface area contributed by atoms with Crippen LogP contribution < -0.4 is 4.90 Å². The van der Waals surface area contributed by atoms with E-state index in [-0.39, 0.29) is 23.2 Å². The van der Waals surface area contributed by atoms with Crippen LogP contribution >= 0.6 is 0 Å². The summed E-state index contributed by atoms with van der Waals surface area (Å²) < 4.78 is 13.8. The number of halogens is 1. The topological polar surface area (TPSA) is 62.2 Å². The summed E-state index contributed by atoms with van der Waals surface area (Å²) in [6.45, 7) is 7.81. The third kappa shape index (κ3) is 2.54. The Hall–Kier alpha value is -2.57. The quantitative estimate of drug-likeness (QED) is 0.840. The Kier molecular flexibility index (Phi) is 3.67. The number of aryl methyl sites for hydroxylation is 2. The van der Waals surface area contributed by atoms with Gasteiger partial charge in [-0.3, -0.25) is 9.78 Å². The summed E-state index contributed by atoms with van der Waals surface area (Å²) in [6.07, 6.45) is 2.59. The van der Waals surface area contributed by atoms with Crippen molar-refractivity contribution in [1.29, 1.82) is 0 Å². The third-order valence-electron chi connectivity index (χ3n) is 5.01. The van der Waals surface area contributed by atoms with Crippen molar-refractivity contribution < 1.29 is 9.18 Å². The summed E-state index contributed by atoms with van der Waals surface area (Å²) in [6, 6.07) is 1.11. The van der Waals surface area contributed by atoms with E-state index in [1.54, 1.807) is 11.8 Å². The van der Waals surface area contributed by atoms with Crippen LogP contribution in [0.2, 0.25) is 0 Å². The van der Waals surface area contributed by atoms with E-state index in [2.05, 4.69) is 19.9 Å². The first-order chi connectivity index (χ1) is 12.0. The van der Waals surface area contributed by atoms with Crippen LogP contribution in [0.15, 0.2) is 12.3 Å². The molecule has 6 nitrogen and oxygen atoms in total. The standard InChI is InChI=1S/C18H20FN5O/c1-10-14(19)7-13(8-20-10)18(25)24-9-15-16(11(24)2)17(22-12(3)21-15)23-5-4-6-23/h7-8,11H,4-6,9H2,1-3H3/t11-/m1/s1. The van der Waals surface area contributed by atoms with Gasteiger partial charge in [0, 0.05) is 24.8 Å². The number of fused-ring (bicyclic) bond motifs is 1. The molecular weight excluding hydrogens is 321 g/mol. The van der Waals surface area contributed by atoms with Crippen LogP contribution in [0.1, 0.15) is 52.5 Å². The second-order valence-electron chi connectivity index (χ2n) is 6.70. The van der Waals surface area contributed by atoms with Gasteiger partial charge in [-0.2, -0.15) is 0 Å². The van der Waals surface area contributed by atoms with Gasteiger partial charge in [-0.15, -0.1) is 0 Å². The average Bonchev–Trinajstić information content (AvgIpc) is 2.84. The molecule has 0 aliphatic carbocycles. The molecule has 0 unspecified atom stereocenters. The minimum absolute atomic E-state index is 0.150. The number of nitrogens with zero attached hydrogens (tertiary/aromatic N) is 5. The maximum atomic E-state index is 13.8. The molecule has 0 N–H and O–H groups in total. The monoisotopic (exact) mass is 341 g/mol. The van der Waals surface area contributed by atoms with Gasteiger partial charge in [0.05, 0.1) is 29.5 Å². The summed E-state index contributed by atoms with van der Waals surface area (Å²) in [7, 11) is 0. The molecule has 2 aromatic rings. The van der Waals surface area contributed by atoms with Gasteiger partial charge in [0.15, 0.2) is 0 Å². The number of hydrogen-bond donors (Lipinski definition) is 0. The second-order valence-corrected chi connectivity index (χ2v) is 6.70. The minimum Gasteiger partial charge on any atom is -0.356 e. The highest BCUT2D eigenvalue weighted by molar-refractivity contribution is 5.94. The maximum Gasteiger partial charge on any atom is 0.256 e. The van der Waals surface area contributed by atoms with Gasteiger partial charge in [0.25, 0.3) is 5.91 Å². The molecule has 2 aliphatic heterocycles. The Morgan fingerprint density at radius 3 is 2.68 bits per heavy atom. The lowest BCUT2D eigenvalue weighted by molar-refractivity contribution is 0.0703. The number of amides is 1. The highest BCUT2D eigenvalue weighted by Gasteiger charge is 2.37. The smallest absolute Gasteiger partial charge is 0.256 e. The third-order valence-corrected chi connectivity index (χ3v) is 5.01. The van der Waals surface area contributed by atoms with Gasteiger partial charge >= 0.3 is 0 Å². The number of anilines is 1. The molecule has 1 saturated heterocycles. The van der Waals surface area contributed by atoms with Crippen molar-refractivity contribution in [3.8, 4) is 0 Å². The summed E-state index contributed by atoms with van der Waals surface area (Å²) in [5, 5.41) is 0. The molecule has 4 heterocycles. The number of carbonyl (C=O) groups excluding carboxylic acids is 1. The maximum absolute atomic E-state index is 13.8. The lowest BCUT2D eigenvalue weighted by Crippen LogP contribution is -2.39.